The van der Waals surface area contributed by atoms with Crippen LogP contribution in [0.3, 0.4) is 0 Å². The molecule has 2 heteroatoms. The highest BCUT2D eigenvalue weighted by Crippen LogP contribution is 2.60. The molecule has 2 unspecified atom stereocenters. The second kappa shape index (κ2) is 4.01. The molecule has 2 aliphatic heterocycles. The third-order valence-electron chi connectivity index (χ3n) is 4.07. The van der Waals surface area contributed by atoms with Crippen LogP contribution < -0.4 is 0 Å². The quantitative estimate of drug-likeness (QED) is 0.451. The van der Waals surface area contributed by atoms with Crippen LogP contribution in [0.5, 0.6) is 0 Å². The molecule has 2 bridgehead atoms. The van der Waals surface area contributed by atoms with Crippen molar-refractivity contribution in [1.29, 1.82) is 0 Å². The number of halogens is 1. The van der Waals surface area contributed by atoms with Gasteiger partial charge in [-0.05, 0) is 35.6 Å². The first kappa shape index (κ1) is 11.4. The van der Waals surface area contributed by atoms with Crippen molar-refractivity contribution >= 4 is 34.4 Å². The molecule has 0 amide bonds. The lowest BCUT2D eigenvalue weighted by molar-refractivity contribution is 0.593. The predicted octanol–water partition coefficient (Wildman–Crippen LogP) is 5.31. The molecule has 0 saturated heterocycles. The molecule has 0 nitrogen and oxygen atoms in total. The van der Waals surface area contributed by atoms with E-state index in [1.54, 1.807) is 11.1 Å². The molecule has 2 heterocycles. The number of alkyl halides is 1. The average Bonchev–Trinajstić information content (AvgIpc) is 2.63. The average molecular weight is 364 g/mol. The van der Waals surface area contributed by atoms with E-state index in [9.17, 15) is 0 Å². The van der Waals surface area contributed by atoms with Crippen LogP contribution in [0.4, 0.5) is 0 Å². The lowest BCUT2D eigenvalue weighted by atomic mass is 9.79. The van der Waals surface area contributed by atoms with Gasteiger partial charge in [-0.15, -0.1) is 11.8 Å². The van der Waals surface area contributed by atoms with Crippen LogP contribution in [0.1, 0.15) is 34.8 Å². The fourth-order valence-corrected chi connectivity index (χ4v) is 6.07. The fraction of sp³-hybridized carbons (Fsp3) is 0.250. The summed E-state index contributed by atoms with van der Waals surface area (Å²) in [5, 5.41) is 0.646. The third kappa shape index (κ3) is 1.45. The number of rotatable bonds is 0. The highest BCUT2D eigenvalue weighted by molar-refractivity contribution is 14.1. The molecule has 90 valence electrons. The number of hydrogen-bond donors (Lipinski definition) is 0. The molecule has 0 spiro atoms. The van der Waals surface area contributed by atoms with Crippen LogP contribution in [-0.4, -0.2) is 0 Å². The Morgan fingerprint density at radius 1 is 1.00 bits per heavy atom. The SMILES string of the molecule is IC12CCC(Sc3ccccc31)c1ccccc12. The minimum atomic E-state index is 0.185. The van der Waals surface area contributed by atoms with Gasteiger partial charge in [0, 0.05) is 10.1 Å². The van der Waals surface area contributed by atoms with E-state index in [0.29, 0.717) is 5.25 Å². The first-order valence-corrected chi connectivity index (χ1v) is 8.29. The van der Waals surface area contributed by atoms with Crippen LogP contribution in [0.25, 0.3) is 0 Å². The predicted molar refractivity (Wildman–Crippen MR) is 85.5 cm³/mol. The Bertz CT molecular complexity index is 622. The molecule has 3 aliphatic rings. The molecule has 5 rings (SSSR count). The number of thioether (sulfide) groups is 1. The van der Waals surface area contributed by atoms with Crippen LogP contribution in [0.15, 0.2) is 53.4 Å². The van der Waals surface area contributed by atoms with E-state index in [2.05, 4.69) is 82.9 Å². The molecule has 2 aromatic rings. The van der Waals surface area contributed by atoms with Gasteiger partial charge >= 0.3 is 0 Å². The zero-order chi connectivity index (χ0) is 12.2. The smallest absolute Gasteiger partial charge is 0.0733 e. The summed E-state index contributed by atoms with van der Waals surface area (Å²) >= 11 is 4.74. The van der Waals surface area contributed by atoms with Crippen LogP contribution >= 0.6 is 34.4 Å². The summed E-state index contributed by atoms with van der Waals surface area (Å²) in [6, 6.07) is 18.0. The molecule has 0 fully saturated rings. The van der Waals surface area contributed by atoms with Crippen molar-refractivity contribution in [3.05, 3.63) is 65.2 Å². The lowest BCUT2D eigenvalue weighted by Gasteiger charge is -2.34. The normalized spacial score (nSPS) is 28.4. The maximum Gasteiger partial charge on any atom is 0.0733 e. The number of hydrogen-bond acceptors (Lipinski definition) is 1. The number of benzene rings is 2. The molecule has 0 saturated carbocycles. The molecule has 0 radical (unpaired) electrons. The van der Waals surface area contributed by atoms with Gasteiger partial charge in [0.15, 0.2) is 0 Å². The van der Waals surface area contributed by atoms with Gasteiger partial charge in [-0.25, -0.2) is 0 Å². The summed E-state index contributed by atoms with van der Waals surface area (Å²) in [7, 11) is 0. The van der Waals surface area contributed by atoms with Gasteiger partial charge in [0.25, 0.3) is 0 Å². The zero-order valence-corrected chi connectivity index (χ0v) is 12.9. The second-order valence-electron chi connectivity index (χ2n) is 5.03. The Balaban J connectivity index is 2.07. The van der Waals surface area contributed by atoms with Crippen molar-refractivity contribution in [3.63, 3.8) is 0 Å². The van der Waals surface area contributed by atoms with E-state index in [1.807, 2.05) is 0 Å². The molecule has 18 heavy (non-hydrogen) atoms. The Kier molecular flexibility index (Phi) is 2.53. The summed E-state index contributed by atoms with van der Waals surface area (Å²) in [4.78, 5) is 1.48. The van der Waals surface area contributed by atoms with Crippen molar-refractivity contribution in [3.8, 4) is 0 Å². The van der Waals surface area contributed by atoms with E-state index in [-0.39, 0.29) is 3.42 Å². The molecule has 2 atom stereocenters. The Hall–Kier alpha value is -0.480. The van der Waals surface area contributed by atoms with Gasteiger partial charge in [-0.2, -0.15) is 0 Å². The third-order valence-corrected chi connectivity index (χ3v) is 7.15. The van der Waals surface area contributed by atoms with Crippen LogP contribution in [0.2, 0.25) is 0 Å². The van der Waals surface area contributed by atoms with E-state index < -0.39 is 0 Å². The van der Waals surface area contributed by atoms with E-state index in [4.69, 9.17) is 0 Å². The fourth-order valence-electron chi connectivity index (χ4n) is 3.21. The molecular formula is C16H13IS. The largest absolute Gasteiger partial charge is 0.118 e. The maximum atomic E-state index is 2.69. The lowest BCUT2D eigenvalue weighted by Crippen LogP contribution is -2.24. The van der Waals surface area contributed by atoms with E-state index >= 15 is 0 Å². The van der Waals surface area contributed by atoms with Crippen molar-refractivity contribution in [2.45, 2.75) is 26.4 Å². The molecule has 2 aromatic carbocycles. The number of fused-ring (bicyclic) bond motifs is 1. The van der Waals surface area contributed by atoms with Gasteiger partial charge in [-0.3, -0.25) is 0 Å². The molecule has 1 aliphatic carbocycles. The van der Waals surface area contributed by atoms with Gasteiger partial charge in [0.05, 0.1) is 3.42 Å². The minimum absolute atomic E-state index is 0.185. The summed E-state index contributed by atoms with van der Waals surface area (Å²) in [5.74, 6) is 0. The first-order valence-electron chi connectivity index (χ1n) is 6.33. The molecule has 0 aromatic heterocycles. The van der Waals surface area contributed by atoms with Gasteiger partial charge in [0.2, 0.25) is 0 Å². The standard InChI is InChI=1S/C16H13IS/c17-16-10-9-14(11-5-1-2-6-12(11)16)18-15-8-4-3-7-13(15)16/h1-8,14H,9-10H2. The minimum Gasteiger partial charge on any atom is -0.118 e. The van der Waals surface area contributed by atoms with Crippen LogP contribution in [0, 0.1) is 0 Å². The Labute approximate surface area is 125 Å². The monoisotopic (exact) mass is 364 g/mol. The summed E-state index contributed by atoms with van der Waals surface area (Å²) in [6.07, 6.45) is 2.55. The maximum absolute atomic E-state index is 2.69. The zero-order valence-electron chi connectivity index (χ0n) is 9.90. The van der Waals surface area contributed by atoms with Crippen molar-refractivity contribution < 1.29 is 0 Å². The first-order chi connectivity index (χ1) is 8.79. The van der Waals surface area contributed by atoms with Gasteiger partial charge in [0.1, 0.15) is 0 Å². The second-order valence-corrected chi connectivity index (χ2v) is 8.12. The summed E-state index contributed by atoms with van der Waals surface area (Å²) in [5.41, 5.74) is 4.61. The van der Waals surface area contributed by atoms with E-state index in [1.165, 1.54) is 23.3 Å². The highest BCUT2D eigenvalue weighted by atomic mass is 127. The topological polar surface area (TPSA) is 0 Å². The Morgan fingerprint density at radius 3 is 2.61 bits per heavy atom. The van der Waals surface area contributed by atoms with Gasteiger partial charge < -0.3 is 0 Å². The Morgan fingerprint density at radius 2 is 1.72 bits per heavy atom. The van der Waals surface area contributed by atoms with Crippen molar-refractivity contribution in [1.82, 2.24) is 0 Å². The molecular weight excluding hydrogens is 351 g/mol. The highest BCUT2D eigenvalue weighted by Gasteiger charge is 2.43. The summed E-state index contributed by atoms with van der Waals surface area (Å²) < 4.78 is 0.185. The van der Waals surface area contributed by atoms with E-state index in [0.717, 1.165) is 0 Å². The molecule has 0 N–H and O–H groups in total. The van der Waals surface area contributed by atoms with Crippen molar-refractivity contribution in [2.24, 2.45) is 0 Å². The van der Waals surface area contributed by atoms with Gasteiger partial charge in [-0.1, -0.05) is 65.1 Å². The van der Waals surface area contributed by atoms with Crippen LogP contribution in [-0.2, 0) is 3.42 Å². The summed E-state index contributed by atoms with van der Waals surface area (Å²) in [6.45, 7) is 0. The van der Waals surface area contributed by atoms with Crippen molar-refractivity contribution in [2.75, 3.05) is 0 Å².